The largest absolute Gasteiger partial charge is 0.349 e. The van der Waals surface area contributed by atoms with Crippen LogP contribution in [-0.2, 0) is 4.79 Å². The number of anilines is 1. The Labute approximate surface area is 187 Å². The molecule has 3 aromatic rings. The lowest BCUT2D eigenvalue weighted by Crippen LogP contribution is -2.44. The van der Waals surface area contributed by atoms with E-state index in [1.165, 1.54) is 35.1 Å². The Morgan fingerprint density at radius 2 is 2.00 bits per heavy atom. The maximum absolute atomic E-state index is 13.4. The van der Waals surface area contributed by atoms with Crippen molar-refractivity contribution >= 4 is 34.7 Å². The molecule has 1 saturated carbocycles. The topological polar surface area (TPSA) is 99.6 Å². The molecule has 0 bridgehead atoms. The van der Waals surface area contributed by atoms with Crippen LogP contribution in [0, 0.1) is 11.2 Å². The molecule has 1 aliphatic heterocycles. The Hall–Kier alpha value is -3.20. The van der Waals surface area contributed by atoms with Crippen molar-refractivity contribution in [1.82, 2.24) is 19.9 Å². The zero-order chi connectivity index (χ0) is 22.5. The molecule has 0 radical (unpaired) electrons. The van der Waals surface area contributed by atoms with Crippen LogP contribution in [0.25, 0.3) is 5.65 Å². The van der Waals surface area contributed by atoms with E-state index in [4.69, 9.17) is 11.6 Å². The first-order valence-electron chi connectivity index (χ1n) is 10.5. The molecule has 0 atom stereocenters. The predicted molar refractivity (Wildman–Crippen MR) is 116 cm³/mol. The number of fused-ring (bicyclic) bond motifs is 1. The number of carbonyl (C=O) groups is 2. The maximum atomic E-state index is 13.4. The summed E-state index contributed by atoms with van der Waals surface area (Å²) in [6.07, 6.45) is 6.26. The molecule has 1 aliphatic carbocycles. The van der Waals surface area contributed by atoms with Gasteiger partial charge in [0.25, 0.3) is 11.5 Å². The minimum absolute atomic E-state index is 0.0102. The SMILES string of the molecule is O=C(NC1CCC2(CC1)CCN(c1ccc(F)cc1Cl)C2=O)c1cnn2ccc(=O)[nH]c12. The number of nitrogens with zero attached hydrogens (tertiary/aromatic N) is 3. The summed E-state index contributed by atoms with van der Waals surface area (Å²) in [7, 11) is 0. The fraction of sp³-hybridized carbons (Fsp3) is 0.364. The van der Waals surface area contributed by atoms with E-state index >= 15 is 0 Å². The van der Waals surface area contributed by atoms with Gasteiger partial charge in [0, 0.05) is 24.8 Å². The van der Waals surface area contributed by atoms with Crippen LogP contribution in [0.1, 0.15) is 42.5 Å². The second-order valence-corrected chi connectivity index (χ2v) is 8.89. The molecule has 2 aliphatic rings. The summed E-state index contributed by atoms with van der Waals surface area (Å²) in [6.45, 7) is 0.539. The lowest BCUT2D eigenvalue weighted by molar-refractivity contribution is -0.127. The van der Waals surface area contributed by atoms with Crippen molar-refractivity contribution in [1.29, 1.82) is 0 Å². The number of rotatable bonds is 3. The summed E-state index contributed by atoms with van der Waals surface area (Å²) in [6, 6.07) is 5.33. The van der Waals surface area contributed by atoms with Gasteiger partial charge in [-0.3, -0.25) is 14.4 Å². The lowest BCUT2D eigenvalue weighted by atomic mass is 9.71. The van der Waals surface area contributed by atoms with Crippen molar-refractivity contribution < 1.29 is 14.0 Å². The standard InChI is InChI=1S/C22H21ClFN5O3/c23-16-11-13(24)1-2-17(16)28-10-8-22(21(28)32)6-3-14(4-7-22)26-20(31)15-12-25-29-9-5-18(30)27-19(15)29/h1-2,5,9,11-12,14H,3-4,6-8,10H2,(H,26,31)(H,27,30). The number of halogens is 2. The molecule has 1 spiro atoms. The van der Waals surface area contributed by atoms with Crippen LogP contribution in [0.15, 0.2) is 41.5 Å². The van der Waals surface area contributed by atoms with E-state index in [2.05, 4.69) is 15.4 Å². The molecular weight excluding hydrogens is 437 g/mol. The Bertz CT molecular complexity index is 1280. The van der Waals surface area contributed by atoms with Crippen LogP contribution in [0.2, 0.25) is 5.02 Å². The Morgan fingerprint density at radius 3 is 2.75 bits per heavy atom. The average molecular weight is 458 g/mol. The first-order chi connectivity index (χ1) is 15.4. The third-order valence-corrected chi connectivity index (χ3v) is 6.94. The molecule has 1 saturated heterocycles. The number of H-pyrrole nitrogens is 1. The van der Waals surface area contributed by atoms with Gasteiger partial charge in [0.2, 0.25) is 5.91 Å². The Kier molecular flexibility index (Phi) is 5.00. The van der Waals surface area contributed by atoms with Gasteiger partial charge in [-0.1, -0.05) is 11.6 Å². The molecule has 5 rings (SSSR count). The number of aromatic nitrogens is 3. The van der Waals surface area contributed by atoms with Gasteiger partial charge in [-0.25, -0.2) is 8.91 Å². The number of carbonyl (C=O) groups excluding carboxylic acids is 2. The molecule has 32 heavy (non-hydrogen) atoms. The Morgan fingerprint density at radius 1 is 1.22 bits per heavy atom. The van der Waals surface area contributed by atoms with Crippen molar-refractivity contribution in [2.45, 2.75) is 38.1 Å². The molecule has 0 unspecified atom stereocenters. The number of aromatic amines is 1. The van der Waals surface area contributed by atoms with Gasteiger partial charge in [-0.15, -0.1) is 0 Å². The minimum Gasteiger partial charge on any atom is -0.349 e. The molecule has 8 nitrogen and oxygen atoms in total. The smallest absolute Gasteiger partial charge is 0.256 e. The zero-order valence-corrected chi connectivity index (χ0v) is 17.9. The van der Waals surface area contributed by atoms with Crippen LogP contribution in [0.4, 0.5) is 10.1 Å². The van der Waals surface area contributed by atoms with E-state index in [0.717, 1.165) is 0 Å². The number of nitrogens with one attached hydrogen (secondary N) is 2. The number of amides is 2. The van der Waals surface area contributed by atoms with Crippen molar-refractivity contribution in [3.8, 4) is 0 Å². The second kappa shape index (κ2) is 7.74. The first-order valence-corrected chi connectivity index (χ1v) is 10.9. The van der Waals surface area contributed by atoms with Crippen LogP contribution in [0.5, 0.6) is 0 Å². The third-order valence-electron chi connectivity index (χ3n) is 6.64. The second-order valence-electron chi connectivity index (χ2n) is 8.49. The highest BCUT2D eigenvalue weighted by Crippen LogP contribution is 2.47. The fourth-order valence-electron chi connectivity index (χ4n) is 4.86. The molecule has 2 fully saturated rings. The first kappa shape index (κ1) is 20.7. The van der Waals surface area contributed by atoms with Gasteiger partial charge in [0.1, 0.15) is 17.0 Å². The van der Waals surface area contributed by atoms with Gasteiger partial charge >= 0.3 is 0 Å². The van der Waals surface area contributed by atoms with Crippen molar-refractivity contribution in [2.24, 2.45) is 5.41 Å². The zero-order valence-electron chi connectivity index (χ0n) is 17.1. The van der Waals surface area contributed by atoms with Gasteiger partial charge in [0.05, 0.1) is 22.3 Å². The minimum atomic E-state index is -0.478. The normalized spacial score (nSPS) is 23.2. The van der Waals surface area contributed by atoms with Gasteiger partial charge in [-0.2, -0.15) is 5.10 Å². The molecule has 2 N–H and O–H groups in total. The summed E-state index contributed by atoms with van der Waals surface area (Å²) < 4.78 is 14.8. The molecule has 3 heterocycles. The third kappa shape index (κ3) is 3.46. The van der Waals surface area contributed by atoms with Crippen molar-refractivity contribution in [3.63, 3.8) is 0 Å². The van der Waals surface area contributed by atoms with Crippen molar-refractivity contribution in [3.05, 3.63) is 63.4 Å². The molecule has 1 aromatic carbocycles. The highest BCUT2D eigenvalue weighted by Gasteiger charge is 2.49. The van der Waals surface area contributed by atoms with Crippen LogP contribution >= 0.6 is 11.6 Å². The summed E-state index contributed by atoms with van der Waals surface area (Å²) >= 11 is 6.17. The van der Waals surface area contributed by atoms with E-state index in [0.29, 0.717) is 55.5 Å². The van der Waals surface area contributed by atoms with Gasteiger partial charge < -0.3 is 15.2 Å². The van der Waals surface area contributed by atoms with Crippen LogP contribution in [-0.4, -0.2) is 39.0 Å². The lowest BCUT2D eigenvalue weighted by Gasteiger charge is -2.36. The molecule has 2 aromatic heterocycles. The highest BCUT2D eigenvalue weighted by molar-refractivity contribution is 6.34. The predicted octanol–water partition coefficient (Wildman–Crippen LogP) is 2.91. The van der Waals surface area contributed by atoms with E-state index < -0.39 is 11.2 Å². The average Bonchev–Trinajstić information content (AvgIpc) is 3.32. The number of benzene rings is 1. The van der Waals surface area contributed by atoms with Crippen molar-refractivity contribution in [2.75, 3.05) is 11.4 Å². The fourth-order valence-corrected chi connectivity index (χ4v) is 5.12. The maximum Gasteiger partial charge on any atom is 0.256 e. The Balaban J connectivity index is 1.26. The summed E-state index contributed by atoms with van der Waals surface area (Å²) in [5.41, 5.74) is 0.399. The van der Waals surface area contributed by atoms with Crippen LogP contribution < -0.4 is 15.8 Å². The van der Waals surface area contributed by atoms with Crippen LogP contribution in [0.3, 0.4) is 0 Å². The van der Waals surface area contributed by atoms with E-state index in [9.17, 15) is 18.8 Å². The quantitative estimate of drug-likeness (QED) is 0.631. The van der Waals surface area contributed by atoms with E-state index in [1.54, 1.807) is 11.0 Å². The monoisotopic (exact) mass is 457 g/mol. The number of hydrogen-bond donors (Lipinski definition) is 2. The summed E-state index contributed by atoms with van der Waals surface area (Å²) in [5, 5.41) is 7.33. The molecule has 2 amide bonds. The molecular formula is C22H21ClFN5O3. The molecule has 166 valence electrons. The van der Waals surface area contributed by atoms with E-state index in [1.807, 2.05) is 0 Å². The highest BCUT2D eigenvalue weighted by atomic mass is 35.5. The number of hydrogen-bond acceptors (Lipinski definition) is 4. The molecule has 10 heteroatoms. The summed E-state index contributed by atoms with van der Waals surface area (Å²) in [5.74, 6) is -0.733. The van der Waals surface area contributed by atoms with Gasteiger partial charge in [-0.05, 0) is 50.3 Å². The van der Waals surface area contributed by atoms with E-state index in [-0.39, 0.29) is 28.4 Å². The van der Waals surface area contributed by atoms with Gasteiger partial charge in [0.15, 0.2) is 0 Å². The summed E-state index contributed by atoms with van der Waals surface area (Å²) in [4.78, 5) is 41.9.